The molecule has 0 aliphatic carbocycles. The predicted molar refractivity (Wildman–Crippen MR) is 42.6 cm³/mol. The molecule has 0 saturated heterocycles. The van der Waals surface area contributed by atoms with Crippen LogP contribution in [0.2, 0.25) is 0 Å². The number of hydrogen-bond acceptors (Lipinski definition) is 3. The first-order valence-corrected chi connectivity index (χ1v) is 3.68. The fourth-order valence-corrected chi connectivity index (χ4v) is 0.859. The van der Waals surface area contributed by atoms with Gasteiger partial charge in [-0.25, -0.2) is 0 Å². The minimum atomic E-state index is -4.50. The summed E-state index contributed by atoms with van der Waals surface area (Å²) in [5.74, 6) is 0. The predicted octanol–water partition coefficient (Wildman–Crippen LogP) is 1.46. The maximum atomic E-state index is 12.1. The van der Waals surface area contributed by atoms with E-state index in [0.29, 0.717) is 6.29 Å². The molecular weight excluding hydrogens is 197 g/mol. The highest BCUT2D eigenvalue weighted by Crippen LogP contribution is 2.29. The number of aromatic nitrogens is 1. The SMILES string of the molecule is NC(c1ccc(C=O)nc1)C(F)(F)F. The number of aldehydes is 1. The third kappa shape index (κ3) is 2.29. The summed E-state index contributed by atoms with van der Waals surface area (Å²) in [6.07, 6.45) is -3.10. The topological polar surface area (TPSA) is 56.0 Å². The lowest BCUT2D eigenvalue weighted by Gasteiger charge is -2.15. The van der Waals surface area contributed by atoms with Crippen LogP contribution in [0.1, 0.15) is 22.1 Å². The third-order valence-electron chi connectivity index (χ3n) is 1.64. The number of carbonyl (C=O) groups excluding carboxylic acids is 1. The Labute approximate surface area is 77.7 Å². The molecule has 0 amide bonds. The second-order valence-electron chi connectivity index (χ2n) is 2.65. The summed E-state index contributed by atoms with van der Waals surface area (Å²) in [5, 5.41) is 0. The van der Waals surface area contributed by atoms with Crippen molar-refractivity contribution >= 4 is 6.29 Å². The Hall–Kier alpha value is -1.43. The fraction of sp³-hybridized carbons (Fsp3) is 0.250. The van der Waals surface area contributed by atoms with Crippen molar-refractivity contribution in [2.45, 2.75) is 12.2 Å². The Balaban J connectivity index is 2.92. The molecule has 0 saturated carbocycles. The van der Waals surface area contributed by atoms with Gasteiger partial charge in [-0.1, -0.05) is 6.07 Å². The van der Waals surface area contributed by atoms with Crippen LogP contribution in [0.15, 0.2) is 18.3 Å². The van der Waals surface area contributed by atoms with Crippen LogP contribution in [0.4, 0.5) is 13.2 Å². The van der Waals surface area contributed by atoms with Gasteiger partial charge < -0.3 is 5.73 Å². The van der Waals surface area contributed by atoms with Gasteiger partial charge in [-0.05, 0) is 11.6 Å². The molecule has 1 aromatic heterocycles. The summed E-state index contributed by atoms with van der Waals surface area (Å²) in [6.45, 7) is 0. The maximum absolute atomic E-state index is 12.1. The maximum Gasteiger partial charge on any atom is 0.407 e. The minimum absolute atomic E-state index is 0.0723. The third-order valence-corrected chi connectivity index (χ3v) is 1.64. The van der Waals surface area contributed by atoms with E-state index in [2.05, 4.69) is 4.98 Å². The summed E-state index contributed by atoms with van der Waals surface area (Å²) < 4.78 is 36.3. The lowest BCUT2D eigenvalue weighted by Crippen LogP contribution is -2.28. The molecule has 0 aromatic carbocycles. The molecule has 0 aliphatic rings. The van der Waals surface area contributed by atoms with Crippen molar-refractivity contribution in [1.29, 1.82) is 0 Å². The van der Waals surface area contributed by atoms with Gasteiger partial charge in [0.1, 0.15) is 11.7 Å². The van der Waals surface area contributed by atoms with Crippen LogP contribution in [0, 0.1) is 0 Å². The van der Waals surface area contributed by atoms with E-state index in [0.717, 1.165) is 12.3 Å². The summed E-state index contributed by atoms with van der Waals surface area (Å²) in [6, 6.07) is 0.263. The highest BCUT2D eigenvalue weighted by Gasteiger charge is 2.37. The molecule has 1 atom stereocenters. The van der Waals surface area contributed by atoms with Gasteiger partial charge >= 0.3 is 6.18 Å². The van der Waals surface area contributed by atoms with E-state index in [1.807, 2.05) is 0 Å². The zero-order valence-electron chi connectivity index (χ0n) is 6.95. The average Bonchev–Trinajstić information content (AvgIpc) is 2.15. The zero-order chi connectivity index (χ0) is 10.8. The van der Waals surface area contributed by atoms with E-state index in [1.54, 1.807) is 0 Å². The van der Waals surface area contributed by atoms with Gasteiger partial charge in [-0.3, -0.25) is 9.78 Å². The molecule has 3 nitrogen and oxygen atoms in total. The highest BCUT2D eigenvalue weighted by atomic mass is 19.4. The molecule has 1 aromatic rings. The first-order chi connectivity index (χ1) is 6.45. The Morgan fingerprint density at radius 2 is 2.07 bits per heavy atom. The van der Waals surface area contributed by atoms with E-state index in [9.17, 15) is 18.0 Å². The van der Waals surface area contributed by atoms with Gasteiger partial charge in [0.15, 0.2) is 6.29 Å². The standard InChI is InChI=1S/C8H7F3N2O/c9-8(10,11)7(12)5-1-2-6(4-14)13-3-5/h1-4,7H,12H2. The number of hydrogen-bond donors (Lipinski definition) is 1. The van der Waals surface area contributed by atoms with Gasteiger partial charge in [0.2, 0.25) is 0 Å². The Bertz CT molecular complexity index is 320. The molecule has 6 heteroatoms. The normalized spacial score (nSPS) is 13.7. The summed E-state index contributed by atoms with van der Waals surface area (Å²) >= 11 is 0. The molecule has 0 spiro atoms. The van der Waals surface area contributed by atoms with Crippen LogP contribution < -0.4 is 5.73 Å². The summed E-state index contributed by atoms with van der Waals surface area (Å²) in [5.41, 5.74) is 4.82. The number of rotatable bonds is 2. The van der Waals surface area contributed by atoms with E-state index in [1.165, 1.54) is 6.07 Å². The average molecular weight is 204 g/mol. The van der Waals surface area contributed by atoms with Crippen molar-refractivity contribution in [3.8, 4) is 0 Å². The first-order valence-electron chi connectivity index (χ1n) is 3.68. The van der Waals surface area contributed by atoms with Crippen LogP contribution >= 0.6 is 0 Å². The van der Waals surface area contributed by atoms with Crippen LogP contribution in [-0.4, -0.2) is 17.4 Å². The molecule has 1 rings (SSSR count). The molecule has 0 aliphatic heterocycles. The molecule has 0 bridgehead atoms. The molecular formula is C8H7F3N2O. The summed E-state index contributed by atoms with van der Waals surface area (Å²) in [7, 11) is 0. The smallest absolute Gasteiger partial charge is 0.316 e. The van der Waals surface area contributed by atoms with E-state index in [4.69, 9.17) is 5.73 Å². The van der Waals surface area contributed by atoms with Crippen molar-refractivity contribution in [3.63, 3.8) is 0 Å². The molecule has 0 fully saturated rings. The lowest BCUT2D eigenvalue weighted by atomic mass is 10.1. The Morgan fingerprint density at radius 3 is 2.43 bits per heavy atom. The van der Waals surface area contributed by atoms with Gasteiger partial charge in [0, 0.05) is 6.20 Å². The highest BCUT2D eigenvalue weighted by molar-refractivity contribution is 5.71. The monoisotopic (exact) mass is 204 g/mol. The van der Waals surface area contributed by atoms with E-state index in [-0.39, 0.29) is 11.3 Å². The molecule has 2 N–H and O–H groups in total. The first kappa shape index (κ1) is 10.6. The number of pyridine rings is 1. The lowest BCUT2D eigenvalue weighted by molar-refractivity contribution is -0.149. The van der Waals surface area contributed by atoms with Gasteiger partial charge in [0.05, 0.1) is 0 Å². The van der Waals surface area contributed by atoms with Gasteiger partial charge in [0.25, 0.3) is 0 Å². The van der Waals surface area contributed by atoms with Crippen LogP contribution in [0.5, 0.6) is 0 Å². The van der Waals surface area contributed by atoms with Crippen molar-refractivity contribution in [3.05, 3.63) is 29.6 Å². The number of carbonyl (C=O) groups is 1. The van der Waals surface area contributed by atoms with E-state index >= 15 is 0 Å². The minimum Gasteiger partial charge on any atom is -0.316 e. The number of halogens is 3. The number of nitrogens with two attached hydrogens (primary N) is 1. The zero-order valence-corrected chi connectivity index (χ0v) is 6.95. The molecule has 1 heterocycles. The van der Waals surface area contributed by atoms with Crippen molar-refractivity contribution in [2.24, 2.45) is 5.73 Å². The fourth-order valence-electron chi connectivity index (χ4n) is 0.859. The van der Waals surface area contributed by atoms with Crippen LogP contribution in [0.25, 0.3) is 0 Å². The van der Waals surface area contributed by atoms with Crippen LogP contribution in [0.3, 0.4) is 0 Å². The van der Waals surface area contributed by atoms with Gasteiger partial charge in [-0.15, -0.1) is 0 Å². The molecule has 14 heavy (non-hydrogen) atoms. The largest absolute Gasteiger partial charge is 0.407 e. The van der Waals surface area contributed by atoms with Crippen LogP contribution in [-0.2, 0) is 0 Å². The Morgan fingerprint density at radius 1 is 1.43 bits per heavy atom. The Kier molecular flexibility index (Phi) is 2.85. The number of nitrogens with zero attached hydrogens (tertiary/aromatic N) is 1. The molecule has 76 valence electrons. The second kappa shape index (κ2) is 3.75. The van der Waals surface area contributed by atoms with Crippen molar-refractivity contribution < 1.29 is 18.0 Å². The molecule has 1 unspecified atom stereocenters. The second-order valence-corrected chi connectivity index (χ2v) is 2.65. The quantitative estimate of drug-likeness (QED) is 0.742. The van der Waals surface area contributed by atoms with Crippen molar-refractivity contribution in [1.82, 2.24) is 4.98 Å². The van der Waals surface area contributed by atoms with E-state index < -0.39 is 12.2 Å². The number of alkyl halides is 3. The summed E-state index contributed by atoms with van der Waals surface area (Å²) in [4.78, 5) is 13.7. The van der Waals surface area contributed by atoms with Gasteiger partial charge in [-0.2, -0.15) is 13.2 Å². The molecule has 0 radical (unpaired) electrons. The van der Waals surface area contributed by atoms with Crippen molar-refractivity contribution in [2.75, 3.05) is 0 Å².